The Balaban J connectivity index is 1.89. The molecule has 0 radical (unpaired) electrons. The summed E-state index contributed by atoms with van der Waals surface area (Å²) >= 11 is 0. The van der Waals surface area contributed by atoms with Crippen LogP contribution in [-0.2, 0) is 21.0 Å². The number of benzene rings is 1. The van der Waals surface area contributed by atoms with E-state index in [4.69, 9.17) is 24.4 Å². The van der Waals surface area contributed by atoms with E-state index in [1.165, 1.54) is 0 Å². The summed E-state index contributed by atoms with van der Waals surface area (Å²) in [6.45, 7) is 2.49. The zero-order valence-corrected chi connectivity index (χ0v) is 12.7. The lowest BCUT2D eigenvalue weighted by Gasteiger charge is -2.38. The van der Waals surface area contributed by atoms with Crippen LogP contribution >= 0.6 is 0 Å². The van der Waals surface area contributed by atoms with Gasteiger partial charge in [-0.2, -0.15) is 4.89 Å². The molecule has 1 aliphatic rings. The van der Waals surface area contributed by atoms with Crippen LogP contribution < -0.4 is 4.89 Å². The highest BCUT2D eigenvalue weighted by Crippen LogP contribution is 2.23. The molecule has 1 saturated heterocycles. The Kier molecular flexibility index (Phi) is 6.72. The smallest absolute Gasteiger partial charge is 0.232 e. The van der Waals surface area contributed by atoms with Gasteiger partial charge in [0.15, 0.2) is 5.75 Å². The van der Waals surface area contributed by atoms with Crippen LogP contribution in [0.3, 0.4) is 0 Å². The quantitative estimate of drug-likeness (QED) is 0.384. The van der Waals surface area contributed by atoms with Gasteiger partial charge in [-0.25, -0.2) is 0 Å². The molecule has 0 saturated carbocycles. The van der Waals surface area contributed by atoms with Crippen LogP contribution in [0.5, 0.6) is 5.75 Å². The molecule has 8 heteroatoms. The van der Waals surface area contributed by atoms with Crippen LogP contribution in [0, 0.1) is 0 Å². The van der Waals surface area contributed by atoms with Crippen molar-refractivity contribution in [1.82, 2.24) is 0 Å². The third-order valence-electron chi connectivity index (χ3n) is 3.48. The molecule has 1 aromatic carbocycles. The molecule has 1 fully saturated rings. The molecule has 1 aliphatic heterocycles. The Morgan fingerprint density at radius 2 is 1.74 bits per heavy atom. The minimum absolute atomic E-state index is 0.363. The van der Waals surface area contributed by atoms with Crippen molar-refractivity contribution in [1.29, 1.82) is 0 Å². The van der Waals surface area contributed by atoms with Crippen molar-refractivity contribution in [2.75, 3.05) is 13.2 Å². The number of hydrogen-bond donors (Lipinski definition) is 4. The van der Waals surface area contributed by atoms with E-state index in [9.17, 15) is 15.3 Å². The summed E-state index contributed by atoms with van der Waals surface area (Å²) in [6.07, 6.45) is -6.84. The number of ether oxygens (including phenoxy) is 2. The van der Waals surface area contributed by atoms with Crippen molar-refractivity contribution in [3.63, 3.8) is 0 Å². The SMILES string of the molecule is CCOCc1ccc(OO[C@@H]2O[C@H](CO)[C@@H](O)[C@H](O)[C@H]2O)cc1. The molecule has 0 aromatic heterocycles. The summed E-state index contributed by atoms with van der Waals surface area (Å²) in [5.74, 6) is 0.363. The van der Waals surface area contributed by atoms with E-state index in [1.807, 2.05) is 6.92 Å². The molecule has 5 atom stereocenters. The Hall–Kier alpha value is -1.26. The number of hydrogen-bond acceptors (Lipinski definition) is 8. The first-order valence-corrected chi connectivity index (χ1v) is 7.37. The lowest BCUT2D eigenvalue weighted by molar-refractivity contribution is -0.386. The second-order valence-corrected chi connectivity index (χ2v) is 5.16. The van der Waals surface area contributed by atoms with Crippen LogP contribution in [0.1, 0.15) is 12.5 Å². The van der Waals surface area contributed by atoms with Crippen LogP contribution in [0.4, 0.5) is 0 Å². The van der Waals surface area contributed by atoms with Gasteiger partial charge in [-0.15, -0.1) is 0 Å². The fourth-order valence-corrected chi connectivity index (χ4v) is 2.11. The van der Waals surface area contributed by atoms with E-state index in [-0.39, 0.29) is 0 Å². The van der Waals surface area contributed by atoms with Gasteiger partial charge in [0.05, 0.1) is 13.2 Å². The minimum Gasteiger partial charge on any atom is -0.394 e. The first-order chi connectivity index (χ1) is 11.1. The van der Waals surface area contributed by atoms with Gasteiger partial charge in [-0.3, -0.25) is 0 Å². The number of rotatable bonds is 7. The van der Waals surface area contributed by atoms with E-state index in [0.29, 0.717) is 19.0 Å². The lowest BCUT2D eigenvalue weighted by Crippen LogP contribution is -2.59. The highest BCUT2D eigenvalue weighted by molar-refractivity contribution is 5.26. The van der Waals surface area contributed by atoms with Crippen molar-refractivity contribution < 1.29 is 39.7 Å². The van der Waals surface area contributed by atoms with Crippen molar-refractivity contribution in [3.05, 3.63) is 29.8 Å². The fraction of sp³-hybridized carbons (Fsp3) is 0.600. The largest absolute Gasteiger partial charge is 0.394 e. The van der Waals surface area contributed by atoms with Gasteiger partial charge < -0.3 is 34.8 Å². The second-order valence-electron chi connectivity index (χ2n) is 5.16. The van der Waals surface area contributed by atoms with Gasteiger partial charge in [0, 0.05) is 6.61 Å². The van der Waals surface area contributed by atoms with Gasteiger partial charge in [-0.05, 0) is 24.6 Å². The summed E-state index contributed by atoms with van der Waals surface area (Å²) in [5.41, 5.74) is 0.965. The highest BCUT2D eigenvalue weighted by Gasteiger charge is 2.45. The van der Waals surface area contributed by atoms with Crippen molar-refractivity contribution in [2.24, 2.45) is 0 Å². The van der Waals surface area contributed by atoms with Gasteiger partial charge in [-0.1, -0.05) is 12.1 Å². The maximum atomic E-state index is 9.80. The van der Waals surface area contributed by atoms with E-state index in [2.05, 4.69) is 0 Å². The number of aliphatic hydroxyl groups excluding tert-OH is 4. The zero-order chi connectivity index (χ0) is 16.8. The Bertz CT molecular complexity index is 463. The summed E-state index contributed by atoms with van der Waals surface area (Å²) in [6, 6.07) is 6.89. The molecule has 0 amide bonds. The molecular weight excluding hydrogens is 308 g/mol. The molecule has 130 valence electrons. The Labute approximate surface area is 133 Å². The maximum absolute atomic E-state index is 9.80. The molecule has 0 spiro atoms. The molecule has 0 unspecified atom stereocenters. The first kappa shape index (κ1) is 18.1. The molecule has 0 bridgehead atoms. The van der Waals surface area contributed by atoms with Gasteiger partial charge in [0.1, 0.15) is 24.4 Å². The molecule has 0 aliphatic carbocycles. The molecule has 4 N–H and O–H groups in total. The van der Waals surface area contributed by atoms with E-state index < -0.39 is 37.3 Å². The third kappa shape index (κ3) is 4.61. The van der Waals surface area contributed by atoms with Crippen LogP contribution in [0.2, 0.25) is 0 Å². The normalized spacial score (nSPS) is 31.1. The van der Waals surface area contributed by atoms with Crippen LogP contribution in [-0.4, -0.2) is 64.3 Å². The Morgan fingerprint density at radius 1 is 1.04 bits per heavy atom. The van der Waals surface area contributed by atoms with E-state index >= 15 is 0 Å². The monoisotopic (exact) mass is 330 g/mol. The average molecular weight is 330 g/mol. The van der Waals surface area contributed by atoms with Crippen LogP contribution in [0.25, 0.3) is 0 Å². The molecule has 1 heterocycles. The predicted octanol–water partition coefficient (Wildman–Crippen LogP) is -0.667. The molecular formula is C15H22O8. The average Bonchev–Trinajstić information content (AvgIpc) is 2.58. The second kappa shape index (κ2) is 8.55. The van der Waals surface area contributed by atoms with E-state index in [1.54, 1.807) is 24.3 Å². The molecule has 23 heavy (non-hydrogen) atoms. The summed E-state index contributed by atoms with van der Waals surface area (Å²) in [4.78, 5) is 10.0. The third-order valence-corrected chi connectivity index (χ3v) is 3.48. The Morgan fingerprint density at radius 3 is 2.35 bits per heavy atom. The summed E-state index contributed by atoms with van der Waals surface area (Å²) < 4.78 is 10.4. The number of aliphatic hydroxyl groups is 4. The van der Waals surface area contributed by atoms with Gasteiger partial charge in [0.25, 0.3) is 0 Å². The van der Waals surface area contributed by atoms with Gasteiger partial charge >= 0.3 is 0 Å². The van der Waals surface area contributed by atoms with Crippen LogP contribution in [0.15, 0.2) is 24.3 Å². The van der Waals surface area contributed by atoms with Crippen molar-refractivity contribution >= 4 is 0 Å². The van der Waals surface area contributed by atoms with Gasteiger partial charge in [0.2, 0.25) is 6.29 Å². The van der Waals surface area contributed by atoms with Crippen molar-refractivity contribution in [2.45, 2.75) is 44.2 Å². The lowest BCUT2D eigenvalue weighted by atomic mass is 9.99. The topological polar surface area (TPSA) is 118 Å². The zero-order valence-electron chi connectivity index (χ0n) is 12.7. The fourth-order valence-electron chi connectivity index (χ4n) is 2.11. The highest BCUT2D eigenvalue weighted by atomic mass is 17.2. The van der Waals surface area contributed by atoms with Crippen molar-refractivity contribution in [3.8, 4) is 5.75 Å². The minimum atomic E-state index is -1.51. The molecule has 1 aromatic rings. The predicted molar refractivity (Wildman–Crippen MR) is 77.3 cm³/mol. The standard InChI is InChI=1S/C15H22O8/c1-2-20-8-9-3-5-10(6-4-9)22-23-15-14(19)13(18)12(17)11(7-16)21-15/h3-6,11-19H,2,7-8H2,1H3/t11-,12-,13+,14-,15+/m1/s1. The summed E-state index contributed by atoms with van der Waals surface area (Å²) in [5, 5.41) is 38.2. The molecule has 8 nitrogen and oxygen atoms in total. The molecule has 2 rings (SSSR count). The van der Waals surface area contributed by atoms with E-state index in [0.717, 1.165) is 5.56 Å². The first-order valence-electron chi connectivity index (χ1n) is 7.37. The maximum Gasteiger partial charge on any atom is 0.232 e. The summed E-state index contributed by atoms with van der Waals surface area (Å²) in [7, 11) is 0.